The second kappa shape index (κ2) is 5.16. The Balaban J connectivity index is 2.44. The molecule has 0 amide bonds. The highest BCUT2D eigenvalue weighted by molar-refractivity contribution is 9.10. The fourth-order valence-electron chi connectivity index (χ4n) is 1.75. The van der Waals surface area contributed by atoms with Gasteiger partial charge in [-0.25, -0.2) is 8.78 Å². The van der Waals surface area contributed by atoms with E-state index in [0.29, 0.717) is 11.1 Å². The lowest BCUT2D eigenvalue weighted by atomic mass is 9.99. The molecule has 1 N–H and O–H groups in total. The average molecular weight is 313 g/mol. The van der Waals surface area contributed by atoms with Crippen LogP contribution in [0.2, 0.25) is 0 Å². The summed E-state index contributed by atoms with van der Waals surface area (Å²) < 4.78 is 27.3. The maximum atomic E-state index is 13.8. The van der Waals surface area contributed by atoms with Crippen LogP contribution in [-0.2, 0) is 0 Å². The van der Waals surface area contributed by atoms with Gasteiger partial charge in [0.2, 0.25) is 0 Å². The van der Waals surface area contributed by atoms with Crippen molar-refractivity contribution in [2.24, 2.45) is 0 Å². The zero-order valence-corrected chi connectivity index (χ0v) is 11.2. The topological polar surface area (TPSA) is 20.2 Å². The van der Waals surface area contributed by atoms with Crippen LogP contribution >= 0.6 is 15.9 Å². The Bertz CT molecular complexity index is 584. The molecule has 2 aromatic rings. The van der Waals surface area contributed by atoms with Crippen molar-refractivity contribution in [3.8, 4) is 0 Å². The van der Waals surface area contributed by atoms with Crippen molar-refractivity contribution in [2.75, 3.05) is 0 Å². The van der Waals surface area contributed by atoms with Crippen molar-refractivity contribution in [3.63, 3.8) is 0 Å². The molecule has 2 aromatic carbocycles. The molecule has 4 heteroatoms. The van der Waals surface area contributed by atoms with Crippen LogP contribution in [0.4, 0.5) is 8.78 Å². The molecule has 0 aliphatic heterocycles. The monoisotopic (exact) mass is 312 g/mol. The molecule has 0 aromatic heterocycles. The smallest absolute Gasteiger partial charge is 0.143 e. The number of hydrogen-bond acceptors (Lipinski definition) is 1. The Morgan fingerprint density at radius 3 is 2.56 bits per heavy atom. The normalized spacial score (nSPS) is 12.5. The van der Waals surface area contributed by atoms with E-state index in [2.05, 4.69) is 15.9 Å². The van der Waals surface area contributed by atoms with Crippen molar-refractivity contribution in [3.05, 3.63) is 69.2 Å². The molecule has 0 bridgehead atoms. The minimum Gasteiger partial charge on any atom is -0.384 e. The lowest BCUT2D eigenvalue weighted by Gasteiger charge is -2.14. The number of aliphatic hydroxyl groups is 1. The van der Waals surface area contributed by atoms with Gasteiger partial charge in [-0.05, 0) is 46.1 Å². The number of aliphatic hydroxyl groups excluding tert-OH is 1. The number of rotatable bonds is 2. The van der Waals surface area contributed by atoms with Crippen LogP contribution in [0, 0.1) is 18.6 Å². The number of hydrogen-bond donors (Lipinski definition) is 1. The molecule has 0 aliphatic rings. The summed E-state index contributed by atoms with van der Waals surface area (Å²) in [4.78, 5) is 0. The molecule has 0 saturated heterocycles. The van der Waals surface area contributed by atoms with Gasteiger partial charge in [-0.1, -0.05) is 24.3 Å². The van der Waals surface area contributed by atoms with Gasteiger partial charge < -0.3 is 5.11 Å². The fourth-order valence-corrected chi connectivity index (χ4v) is 2.13. The molecule has 0 heterocycles. The highest BCUT2D eigenvalue weighted by Gasteiger charge is 2.17. The third kappa shape index (κ3) is 2.44. The molecule has 0 saturated carbocycles. The summed E-state index contributed by atoms with van der Waals surface area (Å²) in [6, 6.07) is 8.93. The van der Waals surface area contributed by atoms with Crippen molar-refractivity contribution in [2.45, 2.75) is 13.0 Å². The first kappa shape index (κ1) is 13.2. The van der Waals surface area contributed by atoms with E-state index in [-0.39, 0.29) is 15.9 Å². The Morgan fingerprint density at radius 1 is 1.17 bits per heavy atom. The van der Waals surface area contributed by atoms with Crippen LogP contribution in [0.25, 0.3) is 0 Å². The second-order valence-electron chi connectivity index (χ2n) is 4.05. The Kier molecular flexibility index (Phi) is 3.78. The van der Waals surface area contributed by atoms with Gasteiger partial charge in [0, 0.05) is 5.56 Å². The van der Waals surface area contributed by atoms with Crippen LogP contribution in [0.5, 0.6) is 0 Å². The Labute approximate surface area is 112 Å². The molecule has 0 aliphatic carbocycles. The summed E-state index contributed by atoms with van der Waals surface area (Å²) in [5.74, 6) is -0.854. The van der Waals surface area contributed by atoms with E-state index in [1.165, 1.54) is 24.3 Å². The maximum Gasteiger partial charge on any atom is 0.143 e. The standard InChI is InChI=1S/C14H11BrF2O/c1-8-7-9(5-6-12(8)16)14(18)10-3-2-4-11(15)13(10)17/h2-7,14,18H,1H3. The maximum absolute atomic E-state index is 13.8. The molecule has 2 rings (SSSR count). The molecule has 1 unspecified atom stereocenters. The predicted octanol–water partition coefficient (Wildman–Crippen LogP) is 4.12. The molecule has 0 radical (unpaired) electrons. The molecular weight excluding hydrogens is 302 g/mol. The molecule has 18 heavy (non-hydrogen) atoms. The summed E-state index contributed by atoms with van der Waals surface area (Å²) >= 11 is 3.07. The van der Waals surface area contributed by atoms with Gasteiger partial charge in [0.1, 0.15) is 17.7 Å². The summed E-state index contributed by atoms with van der Waals surface area (Å²) in [6.45, 7) is 1.60. The third-order valence-electron chi connectivity index (χ3n) is 2.77. The van der Waals surface area contributed by atoms with E-state index in [1.54, 1.807) is 19.1 Å². The zero-order valence-electron chi connectivity index (χ0n) is 9.62. The number of aryl methyl sites for hydroxylation is 1. The van der Waals surface area contributed by atoms with Gasteiger partial charge in [-0.15, -0.1) is 0 Å². The van der Waals surface area contributed by atoms with Crippen molar-refractivity contribution >= 4 is 15.9 Å². The van der Waals surface area contributed by atoms with Crippen LogP contribution < -0.4 is 0 Å². The van der Waals surface area contributed by atoms with Gasteiger partial charge in [0.15, 0.2) is 0 Å². The van der Waals surface area contributed by atoms with Crippen molar-refractivity contribution in [1.82, 2.24) is 0 Å². The summed E-state index contributed by atoms with van der Waals surface area (Å²) in [6.07, 6.45) is -1.11. The largest absolute Gasteiger partial charge is 0.384 e. The van der Waals surface area contributed by atoms with Gasteiger partial charge in [-0.2, -0.15) is 0 Å². The third-order valence-corrected chi connectivity index (χ3v) is 3.39. The van der Waals surface area contributed by atoms with E-state index in [9.17, 15) is 13.9 Å². The highest BCUT2D eigenvalue weighted by atomic mass is 79.9. The molecule has 0 spiro atoms. The highest BCUT2D eigenvalue weighted by Crippen LogP contribution is 2.28. The first-order valence-corrected chi connectivity index (χ1v) is 6.18. The summed E-state index contributed by atoms with van der Waals surface area (Å²) in [5.41, 5.74) is 1.04. The number of halogens is 3. The summed E-state index contributed by atoms with van der Waals surface area (Å²) in [7, 11) is 0. The molecule has 1 nitrogen and oxygen atoms in total. The lowest BCUT2D eigenvalue weighted by Crippen LogP contribution is -2.03. The van der Waals surface area contributed by atoms with Crippen molar-refractivity contribution in [1.29, 1.82) is 0 Å². The Hall–Kier alpha value is -1.26. The van der Waals surface area contributed by atoms with Crippen LogP contribution in [0.1, 0.15) is 22.8 Å². The molecular formula is C14H11BrF2O. The van der Waals surface area contributed by atoms with Crippen LogP contribution in [0.3, 0.4) is 0 Å². The lowest BCUT2D eigenvalue weighted by molar-refractivity contribution is 0.214. The van der Waals surface area contributed by atoms with Crippen molar-refractivity contribution < 1.29 is 13.9 Å². The fraction of sp³-hybridized carbons (Fsp3) is 0.143. The number of benzene rings is 2. The van der Waals surface area contributed by atoms with Gasteiger partial charge in [-0.3, -0.25) is 0 Å². The van der Waals surface area contributed by atoms with E-state index >= 15 is 0 Å². The van der Waals surface area contributed by atoms with Crippen LogP contribution in [-0.4, -0.2) is 5.11 Å². The van der Waals surface area contributed by atoms with Gasteiger partial charge >= 0.3 is 0 Å². The van der Waals surface area contributed by atoms with Gasteiger partial charge in [0.25, 0.3) is 0 Å². The first-order valence-electron chi connectivity index (χ1n) is 5.38. The summed E-state index contributed by atoms with van der Waals surface area (Å²) in [5, 5.41) is 10.1. The van der Waals surface area contributed by atoms with Gasteiger partial charge in [0.05, 0.1) is 4.47 Å². The van der Waals surface area contributed by atoms with Crippen LogP contribution in [0.15, 0.2) is 40.9 Å². The minimum absolute atomic E-state index is 0.162. The van der Waals surface area contributed by atoms with E-state index in [0.717, 1.165) is 0 Å². The quantitative estimate of drug-likeness (QED) is 0.884. The molecule has 0 fully saturated rings. The first-order chi connectivity index (χ1) is 8.50. The molecule has 94 valence electrons. The van der Waals surface area contributed by atoms with E-state index < -0.39 is 11.9 Å². The van der Waals surface area contributed by atoms with E-state index in [4.69, 9.17) is 0 Å². The molecule has 1 atom stereocenters. The predicted molar refractivity (Wildman–Crippen MR) is 69.3 cm³/mol. The SMILES string of the molecule is Cc1cc(C(O)c2cccc(Br)c2F)ccc1F. The second-order valence-corrected chi connectivity index (χ2v) is 4.91. The van der Waals surface area contributed by atoms with E-state index in [1.807, 2.05) is 0 Å². The minimum atomic E-state index is -1.11. The zero-order chi connectivity index (χ0) is 13.3. The average Bonchev–Trinajstić information content (AvgIpc) is 2.35. The Morgan fingerprint density at radius 2 is 1.89 bits per heavy atom.